The Bertz CT molecular complexity index is 823. The van der Waals surface area contributed by atoms with Crippen LogP contribution in [0.1, 0.15) is 24.1 Å². The molecule has 0 aliphatic heterocycles. The molecule has 0 saturated heterocycles. The lowest BCUT2D eigenvalue weighted by Gasteiger charge is -2.27. The SMILES string of the molecule is CC#CCN(C)C(COCc1ccccc1)c1ccc(OCP(=O)(O)O)cc1. The van der Waals surface area contributed by atoms with Crippen LogP contribution in [0.4, 0.5) is 0 Å². The Morgan fingerprint density at radius 3 is 2.39 bits per heavy atom. The maximum Gasteiger partial charge on any atom is 0.362 e. The summed E-state index contributed by atoms with van der Waals surface area (Å²) in [5.41, 5.74) is 2.12. The summed E-state index contributed by atoms with van der Waals surface area (Å²) in [5, 5.41) is 0. The van der Waals surface area contributed by atoms with Gasteiger partial charge in [0.25, 0.3) is 0 Å². The minimum atomic E-state index is -4.20. The number of ether oxygens (including phenoxy) is 2. The van der Waals surface area contributed by atoms with E-state index in [0.29, 0.717) is 25.5 Å². The van der Waals surface area contributed by atoms with Crippen molar-refractivity contribution < 1.29 is 23.8 Å². The summed E-state index contributed by atoms with van der Waals surface area (Å²) in [5.74, 6) is 6.37. The number of hydrogen-bond donors (Lipinski definition) is 2. The third-order valence-electron chi connectivity index (χ3n) is 4.09. The van der Waals surface area contributed by atoms with Gasteiger partial charge >= 0.3 is 7.60 Å². The molecule has 1 atom stereocenters. The molecule has 2 rings (SSSR count). The molecule has 150 valence electrons. The van der Waals surface area contributed by atoms with Gasteiger partial charge in [0.05, 0.1) is 25.8 Å². The van der Waals surface area contributed by atoms with Crippen molar-refractivity contribution in [3.8, 4) is 17.6 Å². The lowest BCUT2D eigenvalue weighted by molar-refractivity contribution is 0.0643. The van der Waals surface area contributed by atoms with Gasteiger partial charge in [0, 0.05) is 0 Å². The second kappa shape index (κ2) is 11.0. The Kier molecular flexibility index (Phi) is 8.72. The molecule has 6 nitrogen and oxygen atoms in total. The van der Waals surface area contributed by atoms with Gasteiger partial charge in [0.15, 0.2) is 6.35 Å². The highest BCUT2D eigenvalue weighted by Crippen LogP contribution is 2.34. The van der Waals surface area contributed by atoms with Crippen molar-refractivity contribution in [3.05, 3.63) is 65.7 Å². The van der Waals surface area contributed by atoms with Crippen molar-refractivity contribution in [2.45, 2.75) is 19.6 Å². The lowest BCUT2D eigenvalue weighted by atomic mass is 10.1. The molecule has 0 saturated carbocycles. The summed E-state index contributed by atoms with van der Waals surface area (Å²) in [7, 11) is -2.21. The van der Waals surface area contributed by atoms with Crippen LogP contribution in [0, 0.1) is 11.8 Å². The van der Waals surface area contributed by atoms with Gasteiger partial charge in [-0.15, -0.1) is 5.92 Å². The molecule has 1 unspecified atom stereocenters. The highest BCUT2D eigenvalue weighted by Gasteiger charge is 2.18. The first-order valence-electron chi connectivity index (χ1n) is 8.88. The van der Waals surface area contributed by atoms with E-state index < -0.39 is 13.9 Å². The van der Waals surface area contributed by atoms with Crippen LogP contribution in [0.25, 0.3) is 0 Å². The zero-order chi connectivity index (χ0) is 20.4. The molecule has 0 heterocycles. The van der Waals surface area contributed by atoms with Crippen LogP contribution in [0.5, 0.6) is 5.75 Å². The Hall–Kier alpha value is -2.13. The van der Waals surface area contributed by atoms with Gasteiger partial charge in [-0.25, -0.2) is 0 Å². The maximum atomic E-state index is 10.9. The minimum absolute atomic E-state index is 0.0135. The molecule has 2 aromatic carbocycles. The van der Waals surface area contributed by atoms with E-state index in [1.807, 2.05) is 56.4 Å². The molecule has 0 radical (unpaired) electrons. The van der Waals surface area contributed by atoms with Gasteiger partial charge in [-0.2, -0.15) is 0 Å². The average molecular weight is 403 g/mol. The number of likely N-dealkylation sites (N-methyl/N-ethyl adjacent to an activating group) is 1. The molecular formula is C21H26NO5P. The van der Waals surface area contributed by atoms with Gasteiger partial charge in [-0.3, -0.25) is 9.46 Å². The first-order valence-corrected chi connectivity index (χ1v) is 10.7. The topological polar surface area (TPSA) is 79.2 Å². The lowest BCUT2D eigenvalue weighted by Crippen LogP contribution is -2.28. The van der Waals surface area contributed by atoms with E-state index in [0.717, 1.165) is 11.1 Å². The second-order valence-corrected chi connectivity index (χ2v) is 7.95. The van der Waals surface area contributed by atoms with Crippen LogP contribution in [-0.4, -0.2) is 41.2 Å². The van der Waals surface area contributed by atoms with Crippen LogP contribution in [-0.2, 0) is 15.9 Å². The van der Waals surface area contributed by atoms with Crippen molar-refractivity contribution in [1.29, 1.82) is 0 Å². The number of rotatable bonds is 10. The zero-order valence-corrected chi connectivity index (χ0v) is 17.0. The average Bonchev–Trinajstić information content (AvgIpc) is 2.68. The molecular weight excluding hydrogens is 377 g/mol. The van der Waals surface area contributed by atoms with E-state index in [-0.39, 0.29) is 6.04 Å². The van der Waals surface area contributed by atoms with Crippen molar-refractivity contribution >= 4 is 7.60 Å². The molecule has 0 amide bonds. The fourth-order valence-corrected chi connectivity index (χ4v) is 2.92. The van der Waals surface area contributed by atoms with Crippen LogP contribution < -0.4 is 4.74 Å². The van der Waals surface area contributed by atoms with Gasteiger partial charge in [0.1, 0.15) is 5.75 Å². The Morgan fingerprint density at radius 1 is 1.11 bits per heavy atom. The third-order valence-corrected chi connectivity index (χ3v) is 4.55. The van der Waals surface area contributed by atoms with Crippen LogP contribution in [0.3, 0.4) is 0 Å². The summed E-state index contributed by atoms with van der Waals surface area (Å²) in [6, 6.07) is 17.1. The standard InChI is InChI=1S/C21H26NO5P/c1-3-4-14-22(2)21(16-26-15-18-8-6-5-7-9-18)19-10-12-20(13-11-19)27-17-28(23,24)25/h5-13,21H,14-17H2,1-2H3,(H2,23,24,25). The molecule has 0 aliphatic carbocycles. The first-order chi connectivity index (χ1) is 13.4. The summed E-state index contributed by atoms with van der Waals surface area (Å²) >= 11 is 0. The Balaban J connectivity index is 2.04. The number of hydrogen-bond acceptors (Lipinski definition) is 4. The summed E-state index contributed by atoms with van der Waals surface area (Å²) in [4.78, 5) is 19.9. The molecule has 0 bridgehead atoms. The van der Waals surface area contributed by atoms with E-state index in [1.165, 1.54) is 0 Å². The molecule has 0 fully saturated rings. The quantitative estimate of drug-likeness (QED) is 0.468. The van der Waals surface area contributed by atoms with Gasteiger partial charge in [-0.1, -0.05) is 48.4 Å². The van der Waals surface area contributed by atoms with Crippen molar-refractivity contribution in [2.24, 2.45) is 0 Å². The predicted octanol–water partition coefficient (Wildman–Crippen LogP) is 3.41. The third kappa shape index (κ3) is 7.85. The van der Waals surface area contributed by atoms with E-state index in [2.05, 4.69) is 16.7 Å². The summed E-state index contributed by atoms with van der Waals surface area (Å²) < 4.78 is 22.0. The monoisotopic (exact) mass is 403 g/mol. The van der Waals surface area contributed by atoms with Crippen molar-refractivity contribution in [2.75, 3.05) is 26.5 Å². The van der Waals surface area contributed by atoms with E-state index in [4.69, 9.17) is 19.3 Å². The van der Waals surface area contributed by atoms with Crippen LogP contribution in [0.15, 0.2) is 54.6 Å². The minimum Gasteiger partial charge on any atom is -0.481 e. The molecule has 2 aromatic rings. The van der Waals surface area contributed by atoms with Gasteiger partial charge in [-0.05, 0) is 37.2 Å². The summed E-state index contributed by atoms with van der Waals surface area (Å²) in [6.45, 7) is 3.42. The van der Waals surface area contributed by atoms with Crippen molar-refractivity contribution in [1.82, 2.24) is 4.90 Å². The Labute approximate surface area is 166 Å². The number of benzene rings is 2. The maximum absolute atomic E-state index is 10.9. The smallest absolute Gasteiger partial charge is 0.362 e. The first kappa shape index (κ1) is 22.2. The van der Waals surface area contributed by atoms with Crippen LogP contribution in [0.2, 0.25) is 0 Å². The summed E-state index contributed by atoms with van der Waals surface area (Å²) in [6.07, 6.45) is -0.637. The van der Waals surface area contributed by atoms with Crippen LogP contribution >= 0.6 is 7.60 Å². The van der Waals surface area contributed by atoms with Crippen molar-refractivity contribution in [3.63, 3.8) is 0 Å². The number of nitrogens with zero attached hydrogens (tertiary/aromatic N) is 1. The molecule has 7 heteroatoms. The molecule has 0 aliphatic rings. The molecule has 0 aromatic heterocycles. The Morgan fingerprint density at radius 2 is 1.79 bits per heavy atom. The molecule has 2 N–H and O–H groups in total. The van der Waals surface area contributed by atoms with Gasteiger partial charge < -0.3 is 19.3 Å². The van der Waals surface area contributed by atoms with E-state index >= 15 is 0 Å². The highest BCUT2D eigenvalue weighted by molar-refractivity contribution is 7.51. The fourth-order valence-electron chi connectivity index (χ4n) is 2.60. The van der Waals surface area contributed by atoms with E-state index in [1.54, 1.807) is 12.1 Å². The molecule has 0 spiro atoms. The second-order valence-electron chi connectivity index (χ2n) is 6.37. The van der Waals surface area contributed by atoms with Gasteiger partial charge in [0.2, 0.25) is 0 Å². The zero-order valence-electron chi connectivity index (χ0n) is 16.1. The highest BCUT2D eigenvalue weighted by atomic mass is 31.2. The predicted molar refractivity (Wildman–Crippen MR) is 109 cm³/mol. The normalized spacial score (nSPS) is 12.3. The molecule has 28 heavy (non-hydrogen) atoms. The largest absolute Gasteiger partial charge is 0.481 e. The van der Waals surface area contributed by atoms with E-state index in [9.17, 15) is 4.57 Å². The fraction of sp³-hybridized carbons (Fsp3) is 0.333.